The molecule has 1 saturated heterocycles. The van der Waals surface area contributed by atoms with E-state index in [1.807, 2.05) is 0 Å². The number of ether oxygens (including phenoxy) is 2. The van der Waals surface area contributed by atoms with E-state index in [0.717, 1.165) is 26.1 Å². The molecule has 0 amide bonds. The fourth-order valence-electron chi connectivity index (χ4n) is 2.09. The Bertz CT molecular complexity index is 568. The molecule has 0 bridgehead atoms. The van der Waals surface area contributed by atoms with Gasteiger partial charge in [0.15, 0.2) is 22.9 Å². The molecular formula is C15H18FN3O2S. The molecule has 1 aliphatic heterocycles. The first-order valence-electron chi connectivity index (χ1n) is 7.01. The smallest absolute Gasteiger partial charge is 0.183 e. The van der Waals surface area contributed by atoms with E-state index < -0.39 is 5.82 Å². The molecule has 0 atom stereocenters. The predicted molar refractivity (Wildman–Crippen MR) is 84.8 cm³/mol. The Labute approximate surface area is 133 Å². The quantitative estimate of drug-likeness (QED) is 0.399. The topological polar surface area (TPSA) is 66.6 Å². The molecule has 1 heterocycles. The fourth-order valence-corrected chi connectivity index (χ4v) is 2.43. The molecule has 1 fully saturated rings. The number of nitriles is 1. The van der Waals surface area contributed by atoms with Crippen LogP contribution in [0.25, 0.3) is 0 Å². The molecular weight excluding hydrogens is 305 g/mol. The molecule has 0 spiro atoms. The highest BCUT2D eigenvalue weighted by atomic mass is 32.2. The molecule has 1 aliphatic rings. The Morgan fingerprint density at radius 2 is 2.32 bits per heavy atom. The van der Waals surface area contributed by atoms with Crippen molar-refractivity contribution in [1.82, 2.24) is 5.32 Å². The summed E-state index contributed by atoms with van der Waals surface area (Å²) in [5.74, 6) is 0.184. The number of halogens is 1. The van der Waals surface area contributed by atoms with Crippen LogP contribution in [-0.4, -0.2) is 31.2 Å². The summed E-state index contributed by atoms with van der Waals surface area (Å²) in [5.41, 5.74) is 0.433. The maximum absolute atomic E-state index is 14.0. The SMILES string of the molecule is CSC(=Nc1ccc(OCC2CCOCC2)c(F)c1)NC#N. The zero-order valence-electron chi connectivity index (χ0n) is 12.3. The fraction of sp³-hybridized carbons (Fsp3) is 0.467. The molecule has 0 saturated carbocycles. The second-order valence-corrected chi connectivity index (χ2v) is 5.63. The largest absolute Gasteiger partial charge is 0.490 e. The standard InChI is InChI=1S/C15H18FN3O2S/c1-22-15(18-10-17)19-12-2-3-14(13(16)8-12)21-9-11-4-6-20-7-5-11/h2-3,8,11H,4-7,9H2,1H3,(H,18,19). The van der Waals surface area contributed by atoms with Crippen LogP contribution in [0.5, 0.6) is 5.75 Å². The van der Waals surface area contributed by atoms with Crippen LogP contribution < -0.4 is 10.1 Å². The third kappa shape index (κ3) is 4.90. The summed E-state index contributed by atoms with van der Waals surface area (Å²) in [5, 5.41) is 11.4. The van der Waals surface area contributed by atoms with Gasteiger partial charge in [0.05, 0.1) is 12.3 Å². The van der Waals surface area contributed by atoms with Crippen LogP contribution in [0.1, 0.15) is 12.8 Å². The number of hydrogen-bond acceptors (Lipinski definition) is 5. The van der Waals surface area contributed by atoms with Gasteiger partial charge in [-0.25, -0.2) is 9.38 Å². The second kappa shape index (κ2) is 8.61. The highest BCUT2D eigenvalue weighted by Gasteiger charge is 2.15. The van der Waals surface area contributed by atoms with E-state index in [0.29, 0.717) is 23.4 Å². The summed E-state index contributed by atoms with van der Waals surface area (Å²) in [7, 11) is 0. The maximum Gasteiger partial charge on any atom is 0.183 e. The van der Waals surface area contributed by atoms with Crippen molar-refractivity contribution in [2.75, 3.05) is 26.1 Å². The van der Waals surface area contributed by atoms with E-state index in [1.54, 1.807) is 24.6 Å². The van der Waals surface area contributed by atoms with E-state index >= 15 is 0 Å². The van der Waals surface area contributed by atoms with Crippen molar-refractivity contribution in [3.63, 3.8) is 0 Å². The van der Waals surface area contributed by atoms with Gasteiger partial charge in [-0.2, -0.15) is 5.26 Å². The third-order valence-corrected chi connectivity index (χ3v) is 3.90. The minimum absolute atomic E-state index is 0.226. The lowest BCUT2D eigenvalue weighted by Gasteiger charge is -2.22. The lowest BCUT2D eigenvalue weighted by molar-refractivity contribution is 0.0492. The van der Waals surface area contributed by atoms with Crippen LogP contribution >= 0.6 is 11.8 Å². The van der Waals surface area contributed by atoms with Crippen LogP contribution in [0.2, 0.25) is 0 Å². The first-order chi connectivity index (χ1) is 10.7. The number of nitrogens with one attached hydrogen (secondary N) is 1. The van der Waals surface area contributed by atoms with Crippen molar-refractivity contribution in [3.8, 4) is 11.9 Å². The van der Waals surface area contributed by atoms with Crippen molar-refractivity contribution >= 4 is 22.6 Å². The van der Waals surface area contributed by atoms with Crippen molar-refractivity contribution in [3.05, 3.63) is 24.0 Å². The molecule has 7 heteroatoms. The Morgan fingerprint density at radius 1 is 1.55 bits per heavy atom. The Hall–Kier alpha value is -1.78. The number of hydrogen-bond donors (Lipinski definition) is 1. The first kappa shape index (κ1) is 16.6. The summed E-state index contributed by atoms with van der Waals surface area (Å²) in [6.45, 7) is 1.98. The number of nitrogens with zero attached hydrogens (tertiary/aromatic N) is 2. The average molecular weight is 323 g/mol. The Kier molecular flexibility index (Phi) is 6.49. The predicted octanol–water partition coefficient (Wildman–Crippen LogP) is 3.05. The number of benzene rings is 1. The minimum atomic E-state index is -0.453. The Balaban J connectivity index is 1.98. The molecule has 0 unspecified atom stereocenters. The average Bonchev–Trinajstić information content (AvgIpc) is 2.54. The molecule has 118 valence electrons. The first-order valence-corrected chi connectivity index (χ1v) is 8.23. The van der Waals surface area contributed by atoms with Gasteiger partial charge in [0.2, 0.25) is 0 Å². The number of aliphatic imine (C=N–C) groups is 1. The van der Waals surface area contributed by atoms with Gasteiger partial charge in [-0.05, 0) is 37.1 Å². The molecule has 1 aromatic carbocycles. The maximum atomic E-state index is 14.0. The molecule has 2 rings (SSSR count). The van der Waals surface area contributed by atoms with Crippen molar-refractivity contribution in [1.29, 1.82) is 5.26 Å². The molecule has 1 aromatic rings. The van der Waals surface area contributed by atoms with E-state index in [9.17, 15) is 4.39 Å². The van der Waals surface area contributed by atoms with Crippen molar-refractivity contribution in [2.24, 2.45) is 10.9 Å². The zero-order valence-corrected chi connectivity index (χ0v) is 13.2. The normalized spacial score (nSPS) is 16.1. The van der Waals surface area contributed by atoms with Crippen LogP contribution in [0.15, 0.2) is 23.2 Å². The van der Waals surface area contributed by atoms with Gasteiger partial charge in [0, 0.05) is 19.3 Å². The summed E-state index contributed by atoms with van der Waals surface area (Å²) < 4.78 is 24.9. The van der Waals surface area contributed by atoms with Gasteiger partial charge in [-0.15, -0.1) is 0 Å². The molecule has 0 radical (unpaired) electrons. The van der Waals surface area contributed by atoms with Gasteiger partial charge in [-0.3, -0.25) is 5.32 Å². The van der Waals surface area contributed by atoms with E-state index in [4.69, 9.17) is 14.7 Å². The molecule has 22 heavy (non-hydrogen) atoms. The van der Waals surface area contributed by atoms with Crippen molar-refractivity contribution < 1.29 is 13.9 Å². The van der Waals surface area contributed by atoms with Crippen LogP contribution in [-0.2, 0) is 4.74 Å². The van der Waals surface area contributed by atoms with Crippen LogP contribution in [0, 0.1) is 23.2 Å². The molecule has 0 aliphatic carbocycles. The lowest BCUT2D eigenvalue weighted by Crippen LogP contribution is -2.21. The third-order valence-electron chi connectivity index (χ3n) is 3.32. The molecule has 0 aromatic heterocycles. The van der Waals surface area contributed by atoms with E-state index in [1.165, 1.54) is 17.8 Å². The highest BCUT2D eigenvalue weighted by Crippen LogP contribution is 2.25. The minimum Gasteiger partial charge on any atom is -0.490 e. The Morgan fingerprint density at radius 3 is 2.95 bits per heavy atom. The highest BCUT2D eigenvalue weighted by molar-refractivity contribution is 8.13. The van der Waals surface area contributed by atoms with Gasteiger partial charge in [0.1, 0.15) is 0 Å². The van der Waals surface area contributed by atoms with Gasteiger partial charge in [0.25, 0.3) is 0 Å². The monoisotopic (exact) mass is 323 g/mol. The van der Waals surface area contributed by atoms with Crippen LogP contribution in [0.4, 0.5) is 10.1 Å². The van der Waals surface area contributed by atoms with Gasteiger partial charge in [-0.1, -0.05) is 11.8 Å². The summed E-state index contributed by atoms with van der Waals surface area (Å²) in [6.07, 6.45) is 5.46. The van der Waals surface area contributed by atoms with Crippen LogP contribution in [0.3, 0.4) is 0 Å². The van der Waals surface area contributed by atoms with Crippen molar-refractivity contribution in [2.45, 2.75) is 12.8 Å². The lowest BCUT2D eigenvalue weighted by atomic mass is 10.0. The van der Waals surface area contributed by atoms with E-state index in [2.05, 4.69) is 10.3 Å². The molecule has 5 nitrogen and oxygen atoms in total. The zero-order chi connectivity index (χ0) is 15.8. The number of rotatable bonds is 4. The summed E-state index contributed by atoms with van der Waals surface area (Å²) >= 11 is 1.28. The van der Waals surface area contributed by atoms with Gasteiger partial charge >= 0.3 is 0 Å². The summed E-state index contributed by atoms with van der Waals surface area (Å²) in [4.78, 5) is 4.15. The summed E-state index contributed by atoms with van der Waals surface area (Å²) in [6, 6.07) is 4.53. The molecule has 1 N–H and O–H groups in total. The van der Waals surface area contributed by atoms with E-state index in [-0.39, 0.29) is 5.75 Å². The second-order valence-electron chi connectivity index (χ2n) is 4.84. The van der Waals surface area contributed by atoms with Gasteiger partial charge < -0.3 is 9.47 Å². The number of amidine groups is 1. The number of thioether (sulfide) groups is 1.